The Kier molecular flexibility index (Phi) is 6.42. The van der Waals surface area contributed by atoms with E-state index >= 15 is 0 Å². The standard InChI is InChI=1S/C18H27N5O/c1-4-14(2)13-22(3)18(24)21-16-7-9-23(10-8-16)17-6-5-15(11-19)12-20-17/h5-6,12,14,16H,4,7-10,13H2,1-3H3,(H,21,24)/t14-/m1/s1. The minimum Gasteiger partial charge on any atom is -0.356 e. The van der Waals surface area contributed by atoms with Crippen molar-refractivity contribution in [3.05, 3.63) is 23.9 Å². The fourth-order valence-electron chi connectivity index (χ4n) is 2.86. The second-order valence-corrected chi connectivity index (χ2v) is 6.62. The summed E-state index contributed by atoms with van der Waals surface area (Å²) < 4.78 is 0. The number of nitriles is 1. The Bertz CT molecular complexity index is 572. The first-order valence-electron chi connectivity index (χ1n) is 8.66. The third-order valence-electron chi connectivity index (χ3n) is 4.65. The van der Waals surface area contributed by atoms with E-state index in [0.717, 1.165) is 44.7 Å². The van der Waals surface area contributed by atoms with E-state index in [-0.39, 0.29) is 12.1 Å². The molecule has 1 aromatic rings. The van der Waals surface area contributed by atoms with Crippen molar-refractivity contribution in [2.24, 2.45) is 5.92 Å². The van der Waals surface area contributed by atoms with Crippen LogP contribution >= 0.6 is 0 Å². The number of carbonyl (C=O) groups is 1. The van der Waals surface area contributed by atoms with Gasteiger partial charge in [0.2, 0.25) is 0 Å². The first-order chi connectivity index (χ1) is 11.5. The van der Waals surface area contributed by atoms with Crippen molar-refractivity contribution in [3.8, 4) is 6.07 Å². The van der Waals surface area contributed by atoms with Crippen LogP contribution in [0.1, 0.15) is 38.7 Å². The van der Waals surface area contributed by atoms with Gasteiger partial charge in [-0.15, -0.1) is 0 Å². The molecule has 24 heavy (non-hydrogen) atoms. The molecule has 130 valence electrons. The molecule has 1 fully saturated rings. The second-order valence-electron chi connectivity index (χ2n) is 6.62. The van der Waals surface area contributed by atoms with Crippen molar-refractivity contribution >= 4 is 11.8 Å². The average molecular weight is 329 g/mol. The number of nitrogens with one attached hydrogen (secondary N) is 1. The summed E-state index contributed by atoms with van der Waals surface area (Å²) in [6.07, 6.45) is 4.50. The van der Waals surface area contributed by atoms with E-state index in [4.69, 9.17) is 5.26 Å². The molecule has 1 saturated heterocycles. The number of rotatable bonds is 5. The van der Waals surface area contributed by atoms with Crippen LogP contribution < -0.4 is 10.2 Å². The van der Waals surface area contributed by atoms with Crippen LogP contribution in [0, 0.1) is 17.2 Å². The third kappa shape index (κ3) is 4.85. The predicted octanol–water partition coefficient (Wildman–Crippen LogP) is 2.61. The highest BCUT2D eigenvalue weighted by Crippen LogP contribution is 2.18. The van der Waals surface area contributed by atoms with Gasteiger partial charge in [0.05, 0.1) is 5.56 Å². The fourth-order valence-corrected chi connectivity index (χ4v) is 2.86. The van der Waals surface area contributed by atoms with Crippen LogP contribution in [-0.4, -0.2) is 48.6 Å². The highest BCUT2D eigenvalue weighted by Gasteiger charge is 2.23. The molecular formula is C18H27N5O. The van der Waals surface area contributed by atoms with Gasteiger partial charge in [-0.25, -0.2) is 9.78 Å². The SMILES string of the molecule is CC[C@@H](C)CN(C)C(=O)NC1CCN(c2ccc(C#N)cn2)CC1. The zero-order valence-electron chi connectivity index (χ0n) is 14.8. The second kappa shape index (κ2) is 8.53. The van der Waals surface area contributed by atoms with Crippen LogP contribution in [0.5, 0.6) is 0 Å². The molecule has 2 amide bonds. The summed E-state index contributed by atoms with van der Waals surface area (Å²) in [7, 11) is 1.86. The highest BCUT2D eigenvalue weighted by molar-refractivity contribution is 5.74. The Balaban J connectivity index is 1.79. The lowest BCUT2D eigenvalue weighted by Gasteiger charge is -2.34. The number of aromatic nitrogens is 1. The van der Waals surface area contributed by atoms with Crippen molar-refractivity contribution in [2.45, 2.75) is 39.2 Å². The van der Waals surface area contributed by atoms with Crippen molar-refractivity contribution in [2.75, 3.05) is 31.6 Å². The van der Waals surface area contributed by atoms with Crippen LogP contribution in [0.25, 0.3) is 0 Å². The number of carbonyl (C=O) groups excluding carboxylic acids is 1. The van der Waals surface area contributed by atoms with Gasteiger partial charge in [0, 0.05) is 38.9 Å². The van der Waals surface area contributed by atoms with E-state index in [1.54, 1.807) is 17.2 Å². The molecule has 1 atom stereocenters. The Labute approximate surface area is 144 Å². The summed E-state index contributed by atoms with van der Waals surface area (Å²) in [4.78, 5) is 20.6. The monoisotopic (exact) mass is 329 g/mol. The number of amides is 2. The first-order valence-corrected chi connectivity index (χ1v) is 8.66. The molecule has 0 radical (unpaired) electrons. The summed E-state index contributed by atoms with van der Waals surface area (Å²) in [5.41, 5.74) is 0.574. The molecule has 0 aromatic carbocycles. The van der Waals surface area contributed by atoms with Crippen LogP contribution in [0.3, 0.4) is 0 Å². The van der Waals surface area contributed by atoms with E-state index in [9.17, 15) is 4.79 Å². The summed E-state index contributed by atoms with van der Waals surface area (Å²) in [5, 5.41) is 12.0. The lowest BCUT2D eigenvalue weighted by molar-refractivity contribution is 0.195. The molecule has 6 nitrogen and oxygen atoms in total. The van der Waals surface area contributed by atoms with E-state index in [0.29, 0.717) is 11.5 Å². The molecule has 0 aliphatic carbocycles. The van der Waals surface area contributed by atoms with Gasteiger partial charge in [0.15, 0.2) is 0 Å². The van der Waals surface area contributed by atoms with Crippen LogP contribution in [0.4, 0.5) is 10.6 Å². The largest absolute Gasteiger partial charge is 0.356 e. The minimum absolute atomic E-state index is 0.0187. The molecule has 1 aliphatic rings. The Morgan fingerprint density at radius 3 is 2.75 bits per heavy atom. The first kappa shape index (κ1) is 18.1. The van der Waals surface area contributed by atoms with E-state index < -0.39 is 0 Å². The number of urea groups is 1. The predicted molar refractivity (Wildman–Crippen MR) is 94.8 cm³/mol. The van der Waals surface area contributed by atoms with Crippen molar-refractivity contribution in [1.82, 2.24) is 15.2 Å². The minimum atomic E-state index is 0.0187. The molecule has 0 unspecified atom stereocenters. The van der Waals surface area contributed by atoms with Gasteiger partial charge < -0.3 is 15.1 Å². The highest BCUT2D eigenvalue weighted by atomic mass is 16.2. The molecule has 1 aromatic heterocycles. The summed E-state index contributed by atoms with van der Waals surface area (Å²) in [5.74, 6) is 1.41. The molecule has 1 aliphatic heterocycles. The molecule has 0 saturated carbocycles. The van der Waals surface area contributed by atoms with Gasteiger partial charge >= 0.3 is 6.03 Å². The molecule has 6 heteroatoms. The lowest BCUT2D eigenvalue weighted by atomic mass is 10.1. The van der Waals surface area contributed by atoms with E-state index in [1.165, 1.54) is 0 Å². The molecular weight excluding hydrogens is 302 g/mol. The summed E-state index contributed by atoms with van der Waals surface area (Å²) in [6, 6.07) is 5.99. The topological polar surface area (TPSA) is 72.3 Å². The maximum atomic E-state index is 12.2. The molecule has 2 rings (SSSR count). The van der Waals surface area contributed by atoms with Gasteiger partial charge in [0.1, 0.15) is 11.9 Å². The van der Waals surface area contributed by atoms with Crippen molar-refractivity contribution in [3.63, 3.8) is 0 Å². The zero-order valence-corrected chi connectivity index (χ0v) is 14.8. The Morgan fingerprint density at radius 1 is 1.50 bits per heavy atom. The normalized spacial score (nSPS) is 16.3. The van der Waals surface area contributed by atoms with E-state index in [2.05, 4.69) is 35.1 Å². The number of piperidine rings is 1. The zero-order chi connectivity index (χ0) is 17.5. The number of pyridine rings is 1. The summed E-state index contributed by atoms with van der Waals surface area (Å²) in [6.45, 7) is 6.81. The quantitative estimate of drug-likeness (QED) is 0.901. The molecule has 0 bridgehead atoms. The van der Waals surface area contributed by atoms with E-state index in [1.807, 2.05) is 13.1 Å². The number of anilines is 1. The fraction of sp³-hybridized carbons (Fsp3) is 0.611. The maximum Gasteiger partial charge on any atom is 0.317 e. The third-order valence-corrected chi connectivity index (χ3v) is 4.65. The van der Waals surface area contributed by atoms with Crippen LogP contribution in [-0.2, 0) is 0 Å². The Morgan fingerprint density at radius 2 is 2.21 bits per heavy atom. The Hall–Kier alpha value is -2.29. The van der Waals surface area contributed by atoms with Crippen LogP contribution in [0.15, 0.2) is 18.3 Å². The van der Waals surface area contributed by atoms with Gasteiger partial charge in [0.25, 0.3) is 0 Å². The maximum absolute atomic E-state index is 12.2. The lowest BCUT2D eigenvalue weighted by Crippen LogP contribution is -2.49. The number of nitrogens with zero attached hydrogens (tertiary/aromatic N) is 4. The van der Waals surface area contributed by atoms with Gasteiger partial charge in [-0.1, -0.05) is 20.3 Å². The van der Waals surface area contributed by atoms with Crippen molar-refractivity contribution < 1.29 is 4.79 Å². The van der Waals surface area contributed by atoms with Gasteiger partial charge in [-0.3, -0.25) is 0 Å². The summed E-state index contributed by atoms with van der Waals surface area (Å²) >= 11 is 0. The average Bonchev–Trinajstić information content (AvgIpc) is 2.62. The van der Waals surface area contributed by atoms with Gasteiger partial charge in [-0.05, 0) is 30.9 Å². The van der Waals surface area contributed by atoms with Crippen molar-refractivity contribution in [1.29, 1.82) is 5.26 Å². The number of hydrogen-bond donors (Lipinski definition) is 1. The van der Waals surface area contributed by atoms with Gasteiger partial charge in [-0.2, -0.15) is 5.26 Å². The smallest absolute Gasteiger partial charge is 0.317 e. The van der Waals surface area contributed by atoms with Crippen LogP contribution in [0.2, 0.25) is 0 Å². The number of hydrogen-bond acceptors (Lipinski definition) is 4. The molecule has 0 spiro atoms. The molecule has 2 heterocycles. The molecule has 1 N–H and O–H groups in total.